The third kappa shape index (κ3) is 2.50. The minimum atomic E-state index is 0.931. The molecule has 1 aromatic heterocycles. The number of aromatic amines is 1. The highest BCUT2D eigenvalue weighted by atomic mass is 22.2. The van der Waals surface area contributed by atoms with Crippen molar-refractivity contribution in [2.75, 3.05) is 0 Å². The van der Waals surface area contributed by atoms with Crippen LogP contribution < -0.4 is 0 Å². The van der Waals surface area contributed by atoms with E-state index in [2.05, 4.69) is 63.6 Å². The van der Waals surface area contributed by atoms with Crippen LogP contribution in [-0.2, 0) is 0 Å². The molecule has 8 bridgehead atoms. The molecule has 1 aromatic rings. The summed E-state index contributed by atoms with van der Waals surface area (Å²) >= 11 is 0. The molecule has 0 atom stereocenters. The number of hydrogen-bond donors (Lipinski definition) is 1. The molecule has 3 nitrogen and oxygen atoms in total. The van der Waals surface area contributed by atoms with E-state index in [9.17, 15) is 0 Å². The monoisotopic (exact) mass is 317 g/mol. The highest BCUT2D eigenvalue weighted by Gasteiger charge is 2.11. The van der Waals surface area contributed by atoms with Gasteiger partial charge in [-0.1, -0.05) is 12.2 Å². The van der Waals surface area contributed by atoms with Crippen LogP contribution in [0.3, 0.4) is 0 Å². The van der Waals surface area contributed by atoms with Gasteiger partial charge in [0.2, 0.25) is 0 Å². The van der Waals surface area contributed by atoms with Gasteiger partial charge in [0, 0.05) is 11.4 Å². The van der Waals surface area contributed by atoms with Crippen LogP contribution >= 0.6 is 0 Å². The number of nitrogens with one attached hydrogen (secondary N) is 1. The van der Waals surface area contributed by atoms with Crippen molar-refractivity contribution in [3.8, 4) is 0 Å². The van der Waals surface area contributed by atoms with Crippen LogP contribution in [0.25, 0.3) is 12.2 Å². The first-order chi connectivity index (χ1) is 11.8. The molecule has 3 aliphatic heterocycles. The van der Waals surface area contributed by atoms with E-state index in [0.717, 1.165) is 40.6 Å². The van der Waals surface area contributed by atoms with E-state index in [1.54, 1.807) is 0 Å². The molecule has 1 aliphatic carbocycles. The van der Waals surface area contributed by atoms with Gasteiger partial charge in [-0.2, -0.15) is 0 Å². The highest BCUT2D eigenvalue weighted by molar-refractivity contribution is 6.11. The quantitative estimate of drug-likeness (QED) is 0.729. The van der Waals surface area contributed by atoms with E-state index in [1.807, 2.05) is 24.3 Å². The third-order valence-electron chi connectivity index (χ3n) is 4.29. The fraction of sp³-hybridized carbons (Fsp3) is 0.0476. The number of nitrogens with zero attached hydrogens (tertiary/aromatic N) is 2. The normalized spacial score (nSPS) is 20.5. The Morgan fingerprint density at radius 2 is 1.62 bits per heavy atom. The maximum absolute atomic E-state index is 4.66. The first kappa shape index (κ1) is 13.3. The van der Waals surface area contributed by atoms with Crippen LogP contribution in [0.2, 0.25) is 0 Å². The lowest BCUT2D eigenvalue weighted by molar-refractivity contribution is 1.27. The Labute approximate surface area is 140 Å². The molecule has 0 aromatic carbocycles. The largest absolute Gasteiger partial charge is 0.355 e. The Morgan fingerprint density at radius 1 is 0.792 bits per heavy atom. The summed E-state index contributed by atoms with van der Waals surface area (Å²) in [5, 5.41) is 0. The number of aromatic nitrogens is 1. The molecule has 0 spiro atoms. The predicted octanol–water partition coefficient (Wildman–Crippen LogP) is 4.54. The lowest BCUT2D eigenvalue weighted by Gasteiger charge is -1.97. The molecule has 0 radical (unpaired) electrons. The smallest absolute Gasteiger partial charge is 0.0659 e. The van der Waals surface area contributed by atoms with Gasteiger partial charge in [-0.05, 0) is 78.3 Å². The summed E-state index contributed by atoms with van der Waals surface area (Å²) in [5.41, 5.74) is 8.57. The molecule has 4 heterocycles. The SMILES string of the molecule is C1=CC2=Cc3ccc([nH]3)C=C3C=CC(=N3)C=C3C=CC(=[22N]3)C=C1C2. The van der Waals surface area contributed by atoms with E-state index >= 15 is 0 Å². The summed E-state index contributed by atoms with van der Waals surface area (Å²) in [6.07, 6.45) is 21.8. The van der Waals surface area contributed by atoms with Crippen molar-refractivity contribution in [1.29, 1.82) is 0 Å². The van der Waals surface area contributed by atoms with Gasteiger partial charge in [-0.15, -0.1) is 0 Å². The minimum Gasteiger partial charge on any atom is -0.355 e. The van der Waals surface area contributed by atoms with Crippen molar-refractivity contribution in [3.63, 3.8) is 0 Å². The molecule has 0 fully saturated rings. The van der Waals surface area contributed by atoms with E-state index in [4.69, 9.17) is 0 Å². The van der Waals surface area contributed by atoms with E-state index in [0.29, 0.717) is 0 Å². The maximum Gasteiger partial charge on any atom is 0.0659 e. The number of allylic oxidation sites excluding steroid dienone is 10. The lowest BCUT2D eigenvalue weighted by atomic mass is 10.1. The molecule has 0 saturated heterocycles. The molecule has 1 N–H and O–H groups in total. The van der Waals surface area contributed by atoms with Gasteiger partial charge >= 0.3 is 0 Å². The molecule has 0 amide bonds. The van der Waals surface area contributed by atoms with Crippen molar-refractivity contribution >= 4 is 23.6 Å². The number of H-pyrrole nitrogens is 1. The Morgan fingerprint density at radius 3 is 2.54 bits per heavy atom. The zero-order chi connectivity index (χ0) is 15.9. The van der Waals surface area contributed by atoms with Crippen LogP contribution in [0.15, 0.2) is 93.3 Å². The van der Waals surface area contributed by atoms with E-state index in [1.165, 1.54) is 11.1 Å². The van der Waals surface area contributed by atoms with Crippen LogP contribution in [0, 0.1) is 0 Å². The number of hydrogen-bond acceptors (Lipinski definition) is 2. The predicted molar refractivity (Wildman–Crippen MR) is 99.8 cm³/mol. The lowest BCUT2D eigenvalue weighted by Crippen LogP contribution is -1.87. The first-order valence-electron chi connectivity index (χ1n) is 8.05. The second-order valence-electron chi connectivity index (χ2n) is 6.20. The molecule has 3 heteroatoms. The third-order valence-corrected chi connectivity index (χ3v) is 4.29. The fourth-order valence-electron chi connectivity index (χ4n) is 3.17. The van der Waals surface area contributed by atoms with Crippen LogP contribution in [0.1, 0.15) is 17.8 Å². The van der Waals surface area contributed by atoms with E-state index in [-0.39, 0.29) is 0 Å². The van der Waals surface area contributed by atoms with Crippen LogP contribution in [0.5, 0.6) is 0 Å². The van der Waals surface area contributed by atoms with Crippen molar-refractivity contribution in [2.45, 2.75) is 6.42 Å². The molecule has 4 aliphatic rings. The molecule has 5 rings (SSSR count). The Kier molecular flexibility index (Phi) is 2.85. The zero-order valence-corrected chi connectivity index (χ0v) is 13.0. The standard InChI is InChI=1S/C21H15N3/c1-2-15-9-14(1)10-16-3-5-18(22-16)12-20-7-8-21(24-20)13-19-6-4-17(11-15)23-19/h1-8,10-13,22H,9H2/i23+8. The molecule has 24 heavy (non-hydrogen) atoms. The summed E-state index contributed by atoms with van der Waals surface area (Å²) in [6.45, 7) is 0. The molecule has 114 valence electrons. The van der Waals surface area contributed by atoms with Gasteiger partial charge in [0.1, 0.15) is 0 Å². The number of aliphatic imine (C=N–C) groups is 2. The zero-order valence-electron chi connectivity index (χ0n) is 13.0. The second-order valence-corrected chi connectivity index (χ2v) is 6.20. The molecular formula is C21H15N3. The van der Waals surface area contributed by atoms with Crippen molar-refractivity contribution in [3.05, 3.63) is 94.7 Å². The Bertz CT molecular complexity index is 1010. The van der Waals surface area contributed by atoms with Crippen molar-refractivity contribution in [1.82, 2.24) is 4.98 Å². The maximum atomic E-state index is 4.66. The number of rotatable bonds is 0. The summed E-state index contributed by atoms with van der Waals surface area (Å²) in [6, 6.07) is 4.19. The van der Waals surface area contributed by atoms with Gasteiger partial charge in [0.25, 0.3) is 0 Å². The summed E-state index contributed by atoms with van der Waals surface area (Å²) in [4.78, 5) is 12.7. The number of fused-ring (bicyclic) bond motifs is 6. The van der Waals surface area contributed by atoms with Gasteiger partial charge in [0.05, 0.1) is 22.8 Å². The Hall–Kier alpha value is -3.20. The molecule has 0 unspecified atom stereocenters. The van der Waals surface area contributed by atoms with Gasteiger partial charge in [-0.3, -0.25) is 0 Å². The average Bonchev–Trinajstić information content (AvgIpc) is 3.32. The van der Waals surface area contributed by atoms with Gasteiger partial charge in [0.15, 0.2) is 0 Å². The van der Waals surface area contributed by atoms with Crippen LogP contribution in [0.4, 0.5) is 0 Å². The summed E-state index contributed by atoms with van der Waals surface area (Å²) in [7, 11) is 0. The molecule has 0 saturated carbocycles. The molecular weight excluding hydrogens is 302 g/mol. The van der Waals surface area contributed by atoms with Gasteiger partial charge in [-0.25, -0.2) is 9.98 Å². The van der Waals surface area contributed by atoms with Crippen molar-refractivity contribution in [2.24, 2.45) is 9.98 Å². The summed E-state index contributed by atoms with van der Waals surface area (Å²) in [5.74, 6) is 0. The fourth-order valence-corrected chi connectivity index (χ4v) is 3.17. The topological polar surface area (TPSA) is 40.5 Å². The van der Waals surface area contributed by atoms with Crippen molar-refractivity contribution < 1.29 is 0 Å². The average molecular weight is 317 g/mol. The van der Waals surface area contributed by atoms with Gasteiger partial charge < -0.3 is 4.98 Å². The minimum absolute atomic E-state index is 0.931. The van der Waals surface area contributed by atoms with Crippen LogP contribution in [-0.4, -0.2) is 16.4 Å². The second kappa shape index (κ2) is 5.17. The first-order valence-corrected chi connectivity index (χ1v) is 8.05. The Balaban J connectivity index is 1.64. The van der Waals surface area contributed by atoms with E-state index < -0.39 is 0 Å². The summed E-state index contributed by atoms with van der Waals surface area (Å²) < 4.78 is 0. The highest BCUT2D eigenvalue weighted by Crippen LogP contribution is 2.26.